The highest BCUT2D eigenvalue weighted by atomic mass is 35.5. The van der Waals surface area contributed by atoms with Crippen molar-refractivity contribution >= 4 is 75.4 Å². The van der Waals surface area contributed by atoms with Crippen LogP contribution in [0.25, 0.3) is 0 Å². The molecular formula is C16H11Cl4N5S. The van der Waals surface area contributed by atoms with Crippen molar-refractivity contribution in [3.05, 3.63) is 68.4 Å². The second-order valence-electron chi connectivity index (χ2n) is 5.20. The van der Waals surface area contributed by atoms with Crippen LogP contribution in [0.2, 0.25) is 20.1 Å². The normalized spacial score (nSPS) is 10.6. The number of nitrogens with zero attached hydrogens (tertiary/aromatic N) is 3. The van der Waals surface area contributed by atoms with Crippen LogP contribution in [0.4, 0.5) is 11.6 Å². The first kappa shape index (κ1) is 19.2. The molecule has 0 aliphatic carbocycles. The van der Waals surface area contributed by atoms with E-state index in [9.17, 15) is 0 Å². The quantitative estimate of drug-likeness (QED) is 0.499. The molecule has 0 radical (unpaired) electrons. The minimum absolute atomic E-state index is 0.302. The molecule has 5 nitrogen and oxygen atoms in total. The van der Waals surface area contributed by atoms with E-state index in [0.29, 0.717) is 43.4 Å². The molecule has 0 bridgehead atoms. The Morgan fingerprint density at radius 1 is 0.962 bits per heavy atom. The van der Waals surface area contributed by atoms with Crippen LogP contribution >= 0.6 is 58.6 Å². The molecule has 0 aliphatic heterocycles. The fraction of sp³-hybridized carbons (Fsp3) is 0.0625. The third-order valence-electron chi connectivity index (χ3n) is 3.29. The number of halogens is 4. The van der Waals surface area contributed by atoms with Gasteiger partial charge in [0.25, 0.3) is 0 Å². The Bertz CT molecular complexity index is 960. The van der Waals surface area contributed by atoms with Crippen molar-refractivity contribution in [2.24, 2.45) is 0 Å². The minimum atomic E-state index is 0.302. The predicted octanol–water partition coefficient (Wildman–Crippen LogP) is 5.75. The SMILES string of the molecule is S=C(Nc1ncn(Cc2ccc(Cl)cc2Cl)n1)Nc1ccc(Cl)cc1Cl. The van der Waals surface area contributed by atoms with Crippen LogP contribution < -0.4 is 10.6 Å². The topological polar surface area (TPSA) is 54.8 Å². The summed E-state index contributed by atoms with van der Waals surface area (Å²) >= 11 is 29.3. The molecule has 0 saturated carbocycles. The van der Waals surface area contributed by atoms with Gasteiger partial charge in [-0.3, -0.25) is 5.32 Å². The molecule has 0 atom stereocenters. The largest absolute Gasteiger partial charge is 0.331 e. The van der Waals surface area contributed by atoms with Crippen LogP contribution in [0.15, 0.2) is 42.7 Å². The number of rotatable bonds is 4. The van der Waals surface area contributed by atoms with E-state index in [1.807, 2.05) is 6.07 Å². The third-order valence-corrected chi connectivity index (χ3v) is 4.63. The first-order valence-electron chi connectivity index (χ1n) is 7.27. The maximum atomic E-state index is 6.17. The molecule has 0 unspecified atom stereocenters. The smallest absolute Gasteiger partial charge is 0.248 e. The summed E-state index contributed by atoms with van der Waals surface area (Å²) in [5.41, 5.74) is 1.50. The van der Waals surface area contributed by atoms with Gasteiger partial charge >= 0.3 is 0 Å². The van der Waals surface area contributed by atoms with Gasteiger partial charge in [-0.1, -0.05) is 52.5 Å². The van der Waals surface area contributed by atoms with E-state index in [0.717, 1.165) is 5.56 Å². The molecule has 2 N–H and O–H groups in total. The van der Waals surface area contributed by atoms with Crippen LogP contribution in [-0.4, -0.2) is 19.9 Å². The van der Waals surface area contributed by atoms with Gasteiger partial charge in [-0.15, -0.1) is 5.10 Å². The maximum Gasteiger partial charge on any atom is 0.248 e. The van der Waals surface area contributed by atoms with Gasteiger partial charge in [-0.2, -0.15) is 0 Å². The Balaban J connectivity index is 1.63. The van der Waals surface area contributed by atoms with Crippen molar-refractivity contribution in [3.63, 3.8) is 0 Å². The second-order valence-corrected chi connectivity index (χ2v) is 7.30. The van der Waals surface area contributed by atoms with Crippen LogP contribution in [-0.2, 0) is 6.54 Å². The van der Waals surface area contributed by atoms with Gasteiger partial charge in [0.05, 0.1) is 17.3 Å². The molecule has 10 heteroatoms. The number of aromatic nitrogens is 3. The molecule has 3 rings (SSSR count). The molecule has 0 spiro atoms. The van der Waals surface area contributed by atoms with E-state index >= 15 is 0 Å². The highest BCUT2D eigenvalue weighted by Crippen LogP contribution is 2.25. The van der Waals surface area contributed by atoms with E-state index in [1.165, 1.54) is 0 Å². The van der Waals surface area contributed by atoms with E-state index in [2.05, 4.69) is 20.7 Å². The Morgan fingerprint density at radius 2 is 1.65 bits per heavy atom. The zero-order valence-corrected chi connectivity index (χ0v) is 16.9. The van der Waals surface area contributed by atoms with Crippen molar-refractivity contribution in [2.75, 3.05) is 10.6 Å². The van der Waals surface area contributed by atoms with Crippen LogP contribution in [0.5, 0.6) is 0 Å². The van der Waals surface area contributed by atoms with E-state index in [4.69, 9.17) is 58.6 Å². The summed E-state index contributed by atoms with van der Waals surface area (Å²) in [4.78, 5) is 4.17. The fourth-order valence-corrected chi connectivity index (χ4v) is 3.22. The number of hydrogen-bond acceptors (Lipinski definition) is 3. The lowest BCUT2D eigenvalue weighted by molar-refractivity contribution is 0.687. The van der Waals surface area contributed by atoms with Crippen LogP contribution in [0.3, 0.4) is 0 Å². The standard InChI is InChI=1S/C16H11Cl4N5S/c17-10-2-1-9(12(19)5-10)7-25-8-21-15(24-25)23-16(26)22-14-4-3-11(18)6-13(14)20/h1-6,8H,7H2,(H2,22,23,24,26). The molecule has 134 valence electrons. The van der Waals surface area contributed by atoms with E-state index < -0.39 is 0 Å². The van der Waals surface area contributed by atoms with E-state index in [-0.39, 0.29) is 0 Å². The molecule has 0 amide bonds. The van der Waals surface area contributed by atoms with Crippen molar-refractivity contribution in [1.82, 2.24) is 14.8 Å². The van der Waals surface area contributed by atoms with Gasteiger partial charge in [0.1, 0.15) is 6.33 Å². The summed E-state index contributed by atoms with van der Waals surface area (Å²) in [7, 11) is 0. The second kappa shape index (κ2) is 8.41. The van der Waals surface area contributed by atoms with Crippen molar-refractivity contribution in [2.45, 2.75) is 6.54 Å². The lowest BCUT2D eigenvalue weighted by atomic mass is 10.2. The van der Waals surface area contributed by atoms with Gasteiger partial charge in [0, 0.05) is 15.1 Å². The van der Waals surface area contributed by atoms with Crippen LogP contribution in [0.1, 0.15) is 5.56 Å². The number of benzene rings is 2. The third kappa shape index (κ3) is 4.99. The minimum Gasteiger partial charge on any atom is -0.331 e. The molecular weight excluding hydrogens is 436 g/mol. The first-order chi connectivity index (χ1) is 12.4. The zero-order chi connectivity index (χ0) is 18.7. The number of nitrogens with one attached hydrogen (secondary N) is 2. The summed E-state index contributed by atoms with van der Waals surface area (Å²) in [6.45, 7) is 0.452. The average Bonchev–Trinajstić information content (AvgIpc) is 3.00. The number of thiocarbonyl (C=S) groups is 1. The summed E-state index contributed by atoms with van der Waals surface area (Å²) in [5.74, 6) is 0.345. The zero-order valence-electron chi connectivity index (χ0n) is 13.0. The van der Waals surface area contributed by atoms with Gasteiger partial charge in [-0.05, 0) is 48.1 Å². The summed E-state index contributed by atoms with van der Waals surface area (Å²) in [6.07, 6.45) is 1.57. The van der Waals surface area contributed by atoms with Gasteiger partial charge < -0.3 is 5.32 Å². The Morgan fingerprint density at radius 3 is 2.35 bits per heavy atom. The highest BCUT2D eigenvalue weighted by molar-refractivity contribution is 7.80. The van der Waals surface area contributed by atoms with Crippen molar-refractivity contribution in [1.29, 1.82) is 0 Å². The van der Waals surface area contributed by atoms with Gasteiger partial charge in [0.15, 0.2) is 5.11 Å². The fourth-order valence-electron chi connectivity index (χ4n) is 2.10. The number of hydrogen-bond donors (Lipinski definition) is 2. The first-order valence-corrected chi connectivity index (χ1v) is 9.19. The molecule has 1 aromatic heterocycles. The molecule has 0 saturated heterocycles. The van der Waals surface area contributed by atoms with Crippen molar-refractivity contribution < 1.29 is 0 Å². The molecule has 0 fully saturated rings. The molecule has 2 aromatic carbocycles. The Hall–Kier alpha value is -1.57. The predicted molar refractivity (Wildman–Crippen MR) is 112 cm³/mol. The molecule has 1 heterocycles. The molecule has 26 heavy (non-hydrogen) atoms. The Labute approximate surface area is 175 Å². The summed E-state index contributed by atoms with van der Waals surface area (Å²) in [6, 6.07) is 10.4. The summed E-state index contributed by atoms with van der Waals surface area (Å²) in [5, 5.41) is 12.6. The Kier molecular flexibility index (Phi) is 6.21. The lowest BCUT2D eigenvalue weighted by Gasteiger charge is -2.09. The van der Waals surface area contributed by atoms with Crippen LogP contribution in [0, 0.1) is 0 Å². The molecule has 3 aromatic rings. The molecule has 0 aliphatic rings. The van der Waals surface area contributed by atoms with Crippen molar-refractivity contribution in [3.8, 4) is 0 Å². The highest BCUT2D eigenvalue weighted by Gasteiger charge is 2.08. The summed E-state index contributed by atoms with van der Waals surface area (Å²) < 4.78 is 1.63. The maximum absolute atomic E-state index is 6.17. The lowest BCUT2D eigenvalue weighted by Crippen LogP contribution is -2.20. The number of anilines is 2. The monoisotopic (exact) mass is 445 g/mol. The van der Waals surface area contributed by atoms with Gasteiger partial charge in [0.2, 0.25) is 5.95 Å². The van der Waals surface area contributed by atoms with E-state index in [1.54, 1.807) is 41.3 Å². The average molecular weight is 447 g/mol. The van der Waals surface area contributed by atoms with Gasteiger partial charge in [-0.25, -0.2) is 9.67 Å².